The second kappa shape index (κ2) is 8.13. The van der Waals surface area contributed by atoms with Crippen molar-refractivity contribution in [2.24, 2.45) is 0 Å². The molecule has 0 unspecified atom stereocenters. The minimum Gasteiger partial charge on any atom is -0.477 e. The fraction of sp³-hybridized carbons (Fsp3) is 0.188. The molecule has 2 aromatic carbocycles. The summed E-state index contributed by atoms with van der Waals surface area (Å²) in [7, 11) is 0. The van der Waals surface area contributed by atoms with Crippen LogP contribution < -0.4 is 10.1 Å². The quantitative estimate of drug-likeness (QED) is 0.592. The number of amides is 1. The second-order valence-electron chi connectivity index (χ2n) is 5.12. The van der Waals surface area contributed by atoms with Crippen LogP contribution >= 0.6 is 23.2 Å². The predicted molar refractivity (Wildman–Crippen MR) is 91.6 cm³/mol. The van der Waals surface area contributed by atoms with E-state index in [1.165, 1.54) is 0 Å². The van der Waals surface area contributed by atoms with E-state index in [1.807, 2.05) is 0 Å². The van der Waals surface area contributed by atoms with Crippen molar-refractivity contribution in [1.29, 1.82) is 0 Å². The summed E-state index contributed by atoms with van der Waals surface area (Å²) in [4.78, 5) is 22.1. The zero-order valence-electron chi connectivity index (χ0n) is 13.0. The van der Waals surface area contributed by atoms with Crippen molar-refractivity contribution >= 4 is 34.8 Å². The molecule has 25 heavy (non-hydrogen) atoms. The van der Waals surface area contributed by atoms with Crippen LogP contribution in [-0.2, 0) is 4.79 Å². The van der Waals surface area contributed by atoms with Gasteiger partial charge >= 0.3 is 5.69 Å². The number of carbonyl (C=O) groups excluding carboxylic acids is 1. The van der Waals surface area contributed by atoms with Crippen molar-refractivity contribution in [3.63, 3.8) is 0 Å². The molecule has 0 aliphatic heterocycles. The van der Waals surface area contributed by atoms with E-state index < -0.39 is 35.0 Å². The number of hydrogen-bond acceptors (Lipinski definition) is 4. The third-order valence-electron chi connectivity index (χ3n) is 3.30. The number of benzene rings is 2. The molecule has 132 valence electrons. The lowest BCUT2D eigenvalue weighted by atomic mass is 10.1. The monoisotopic (exact) mass is 386 g/mol. The minimum atomic E-state index is -0.717. The van der Waals surface area contributed by atoms with Crippen LogP contribution in [0.1, 0.15) is 18.5 Å². The maximum atomic E-state index is 13.2. The van der Waals surface area contributed by atoms with Gasteiger partial charge in [-0.05, 0) is 30.7 Å². The Kier molecular flexibility index (Phi) is 6.17. The van der Waals surface area contributed by atoms with Gasteiger partial charge in [-0.25, -0.2) is 4.39 Å². The van der Waals surface area contributed by atoms with Gasteiger partial charge in [0.25, 0.3) is 5.91 Å². The SMILES string of the molecule is C[C@H](NC(=O)COc1cc(F)ccc1[N+](=O)[O-])c1ccc(Cl)c(Cl)c1. The molecule has 0 aliphatic rings. The van der Waals surface area contributed by atoms with E-state index >= 15 is 0 Å². The first kappa shape index (κ1) is 19.0. The molecule has 0 aliphatic carbocycles. The maximum absolute atomic E-state index is 13.2. The summed E-state index contributed by atoms with van der Waals surface area (Å²) in [6, 6.07) is 7.30. The molecule has 0 heterocycles. The first-order valence-corrected chi connectivity index (χ1v) is 7.84. The summed E-state index contributed by atoms with van der Waals surface area (Å²) in [6.07, 6.45) is 0. The first-order valence-electron chi connectivity index (χ1n) is 7.09. The number of nitro benzene ring substituents is 1. The van der Waals surface area contributed by atoms with Crippen LogP contribution in [0.2, 0.25) is 10.0 Å². The lowest BCUT2D eigenvalue weighted by molar-refractivity contribution is -0.385. The highest BCUT2D eigenvalue weighted by Gasteiger charge is 2.18. The summed E-state index contributed by atoms with van der Waals surface area (Å²) in [5.74, 6) is -1.55. The predicted octanol–water partition coefficient (Wildman–Crippen LogP) is 4.30. The van der Waals surface area contributed by atoms with Crippen molar-refractivity contribution < 1.29 is 18.8 Å². The average molecular weight is 387 g/mol. The highest BCUT2D eigenvalue weighted by molar-refractivity contribution is 6.42. The fourth-order valence-electron chi connectivity index (χ4n) is 2.05. The number of carbonyl (C=O) groups is 1. The summed E-state index contributed by atoms with van der Waals surface area (Å²) >= 11 is 11.8. The van der Waals surface area contributed by atoms with Crippen molar-refractivity contribution in [1.82, 2.24) is 5.32 Å². The molecule has 0 saturated carbocycles. The highest BCUT2D eigenvalue weighted by Crippen LogP contribution is 2.28. The Labute approximate surface area is 152 Å². The minimum absolute atomic E-state index is 0.317. The largest absolute Gasteiger partial charge is 0.477 e. The standard InChI is InChI=1S/C16H13Cl2FN2O4/c1-9(10-2-4-12(17)13(18)6-10)20-16(22)8-25-15-7-11(19)3-5-14(15)21(23)24/h2-7,9H,8H2,1H3,(H,20,22)/t9-/m0/s1. The second-order valence-corrected chi connectivity index (χ2v) is 5.93. The third kappa shape index (κ3) is 5.04. The van der Waals surface area contributed by atoms with Gasteiger partial charge in [-0.15, -0.1) is 0 Å². The smallest absolute Gasteiger partial charge is 0.311 e. The van der Waals surface area contributed by atoms with Crippen molar-refractivity contribution in [2.45, 2.75) is 13.0 Å². The van der Waals surface area contributed by atoms with Gasteiger partial charge in [0.05, 0.1) is 21.0 Å². The van der Waals surface area contributed by atoms with Gasteiger partial charge in [-0.2, -0.15) is 0 Å². The van der Waals surface area contributed by atoms with E-state index in [0.29, 0.717) is 10.0 Å². The molecular formula is C16H13Cl2FN2O4. The normalized spacial score (nSPS) is 11.7. The molecule has 0 aromatic heterocycles. The van der Waals surface area contributed by atoms with Gasteiger partial charge in [-0.1, -0.05) is 29.3 Å². The van der Waals surface area contributed by atoms with Crippen LogP contribution in [0.4, 0.5) is 10.1 Å². The van der Waals surface area contributed by atoms with E-state index in [4.69, 9.17) is 27.9 Å². The zero-order chi connectivity index (χ0) is 18.6. The highest BCUT2D eigenvalue weighted by atomic mass is 35.5. The van der Waals surface area contributed by atoms with Gasteiger partial charge < -0.3 is 10.1 Å². The van der Waals surface area contributed by atoms with Gasteiger partial charge in [-0.3, -0.25) is 14.9 Å². The molecule has 1 N–H and O–H groups in total. The fourth-order valence-corrected chi connectivity index (χ4v) is 2.35. The third-order valence-corrected chi connectivity index (χ3v) is 4.04. The van der Waals surface area contributed by atoms with Gasteiger partial charge in [0.2, 0.25) is 5.75 Å². The van der Waals surface area contributed by atoms with Crippen LogP contribution in [0, 0.1) is 15.9 Å². The summed E-state index contributed by atoms with van der Waals surface area (Å²) in [5, 5.41) is 14.3. The number of nitrogens with zero attached hydrogens (tertiary/aromatic N) is 1. The number of rotatable bonds is 6. The number of nitro groups is 1. The molecule has 2 aromatic rings. The Morgan fingerprint density at radius 1 is 1.28 bits per heavy atom. The molecule has 0 bridgehead atoms. The number of ether oxygens (including phenoxy) is 1. The summed E-state index contributed by atoms with van der Waals surface area (Å²) in [5.41, 5.74) is 0.297. The molecule has 0 saturated heterocycles. The number of nitrogens with one attached hydrogen (secondary N) is 1. The van der Waals surface area contributed by atoms with E-state index in [2.05, 4.69) is 5.32 Å². The molecule has 6 nitrogen and oxygen atoms in total. The van der Waals surface area contributed by atoms with Gasteiger partial charge in [0.15, 0.2) is 6.61 Å². The van der Waals surface area contributed by atoms with Crippen LogP contribution in [0.3, 0.4) is 0 Å². The van der Waals surface area contributed by atoms with Crippen molar-refractivity contribution in [3.05, 3.63) is 67.9 Å². The van der Waals surface area contributed by atoms with E-state index in [9.17, 15) is 19.3 Å². The molecule has 2 rings (SSSR count). The summed E-state index contributed by atoms with van der Waals surface area (Å²) < 4.78 is 18.3. The van der Waals surface area contributed by atoms with Crippen molar-refractivity contribution in [3.8, 4) is 5.75 Å². The van der Waals surface area contributed by atoms with Crippen LogP contribution in [0.15, 0.2) is 36.4 Å². The van der Waals surface area contributed by atoms with Gasteiger partial charge in [0, 0.05) is 12.1 Å². The van der Waals surface area contributed by atoms with Crippen LogP contribution in [0.5, 0.6) is 5.75 Å². The molecular weight excluding hydrogens is 374 g/mol. The maximum Gasteiger partial charge on any atom is 0.311 e. The first-order chi connectivity index (χ1) is 11.8. The average Bonchev–Trinajstić information content (AvgIpc) is 2.55. The number of halogens is 3. The van der Waals surface area contributed by atoms with Crippen molar-refractivity contribution in [2.75, 3.05) is 6.61 Å². The Morgan fingerprint density at radius 2 is 2.00 bits per heavy atom. The Balaban J connectivity index is 2.00. The lowest BCUT2D eigenvalue weighted by Gasteiger charge is -2.15. The molecule has 1 amide bonds. The zero-order valence-corrected chi connectivity index (χ0v) is 14.5. The van der Waals surface area contributed by atoms with E-state index in [1.54, 1.807) is 25.1 Å². The van der Waals surface area contributed by atoms with Crippen LogP contribution in [-0.4, -0.2) is 17.4 Å². The number of hydrogen-bond donors (Lipinski definition) is 1. The lowest BCUT2D eigenvalue weighted by Crippen LogP contribution is -2.31. The Hall–Kier alpha value is -2.38. The molecule has 1 atom stereocenters. The molecule has 9 heteroatoms. The Morgan fingerprint density at radius 3 is 2.64 bits per heavy atom. The molecule has 0 spiro atoms. The summed E-state index contributed by atoms with van der Waals surface area (Å²) in [6.45, 7) is 1.22. The topological polar surface area (TPSA) is 81.5 Å². The molecule has 0 radical (unpaired) electrons. The Bertz CT molecular complexity index is 817. The van der Waals surface area contributed by atoms with E-state index in [-0.39, 0.29) is 5.75 Å². The van der Waals surface area contributed by atoms with E-state index in [0.717, 1.165) is 23.8 Å². The van der Waals surface area contributed by atoms with Crippen LogP contribution in [0.25, 0.3) is 0 Å². The van der Waals surface area contributed by atoms with Gasteiger partial charge in [0.1, 0.15) is 5.82 Å². The molecule has 0 fully saturated rings.